The normalized spacial score (nSPS) is 23.8. The second-order valence-corrected chi connectivity index (χ2v) is 8.74. The molecule has 3 nitrogen and oxygen atoms in total. The lowest BCUT2D eigenvalue weighted by Crippen LogP contribution is -2.34. The lowest BCUT2D eigenvalue weighted by atomic mass is 9.97. The number of benzene rings is 1. The van der Waals surface area contributed by atoms with Crippen LogP contribution >= 0.6 is 0 Å². The monoisotopic (exact) mass is 355 g/mol. The van der Waals surface area contributed by atoms with Gasteiger partial charge in [0.05, 0.1) is 0 Å². The third kappa shape index (κ3) is 4.80. The Kier molecular flexibility index (Phi) is 6.50. The molecule has 2 saturated heterocycles. The van der Waals surface area contributed by atoms with E-state index in [1.165, 1.54) is 109 Å². The minimum atomic E-state index is 0.982. The summed E-state index contributed by atoms with van der Waals surface area (Å²) >= 11 is 0. The van der Waals surface area contributed by atoms with Crippen molar-refractivity contribution in [2.75, 3.05) is 44.2 Å². The molecule has 4 aliphatic rings. The van der Waals surface area contributed by atoms with E-state index in [9.17, 15) is 0 Å². The third-order valence-electron chi connectivity index (χ3n) is 6.70. The average molecular weight is 356 g/mol. The summed E-state index contributed by atoms with van der Waals surface area (Å²) in [5.41, 5.74) is 4.67. The standard InChI is InChI=1S/C19H28N2.C4H9N/c1-2-6-16(5-1)14-20-12-9-17-13-19(8-7-18(17)15-20)21-10-3-4-11-21;1-2-4-5-3-1/h7-8,13,16H,1-6,9-12,14-15H2;5H,1-4H2. The van der Waals surface area contributed by atoms with Crippen LogP contribution in [0.25, 0.3) is 0 Å². The first-order valence-electron chi connectivity index (χ1n) is 11.2. The topological polar surface area (TPSA) is 18.5 Å². The molecule has 5 rings (SSSR count). The molecule has 0 spiro atoms. The number of hydrogen-bond acceptors (Lipinski definition) is 3. The van der Waals surface area contributed by atoms with Crippen LogP contribution in [0.4, 0.5) is 5.69 Å². The maximum absolute atomic E-state index is 3.22. The molecule has 0 atom stereocenters. The quantitative estimate of drug-likeness (QED) is 0.876. The number of nitrogens with zero attached hydrogens (tertiary/aromatic N) is 2. The minimum absolute atomic E-state index is 0.982. The Labute approximate surface area is 160 Å². The second kappa shape index (κ2) is 9.23. The summed E-state index contributed by atoms with van der Waals surface area (Å²) in [4.78, 5) is 5.26. The molecular weight excluding hydrogens is 318 g/mol. The first-order valence-corrected chi connectivity index (χ1v) is 11.2. The van der Waals surface area contributed by atoms with E-state index in [2.05, 4.69) is 33.3 Å². The van der Waals surface area contributed by atoms with Gasteiger partial charge in [-0.3, -0.25) is 4.90 Å². The molecule has 0 radical (unpaired) electrons. The summed E-state index contributed by atoms with van der Waals surface area (Å²) in [5.74, 6) is 0.982. The molecule has 1 aromatic carbocycles. The number of anilines is 1. The summed E-state index contributed by atoms with van der Waals surface area (Å²) < 4.78 is 0. The molecule has 0 aromatic heterocycles. The summed E-state index contributed by atoms with van der Waals surface area (Å²) in [6.07, 6.45) is 12.6. The van der Waals surface area contributed by atoms with Crippen LogP contribution in [0, 0.1) is 5.92 Å². The number of nitrogens with one attached hydrogen (secondary N) is 1. The Morgan fingerprint density at radius 1 is 0.846 bits per heavy atom. The van der Waals surface area contributed by atoms with Gasteiger partial charge in [-0.2, -0.15) is 0 Å². The molecule has 3 fully saturated rings. The van der Waals surface area contributed by atoms with Crippen LogP contribution in [0.15, 0.2) is 18.2 Å². The van der Waals surface area contributed by atoms with Gasteiger partial charge in [-0.25, -0.2) is 0 Å². The Balaban J connectivity index is 0.000000292. The van der Waals surface area contributed by atoms with E-state index in [-0.39, 0.29) is 0 Å². The summed E-state index contributed by atoms with van der Waals surface area (Å²) in [6, 6.07) is 7.25. The fraction of sp³-hybridized carbons (Fsp3) is 0.739. The van der Waals surface area contributed by atoms with Crippen LogP contribution < -0.4 is 10.2 Å². The molecule has 1 aliphatic carbocycles. The van der Waals surface area contributed by atoms with Gasteiger partial charge < -0.3 is 10.2 Å². The number of fused-ring (bicyclic) bond motifs is 1. The van der Waals surface area contributed by atoms with Crippen LogP contribution in [0.1, 0.15) is 62.5 Å². The van der Waals surface area contributed by atoms with Gasteiger partial charge in [0.2, 0.25) is 0 Å². The highest BCUT2D eigenvalue weighted by Crippen LogP contribution is 2.30. The van der Waals surface area contributed by atoms with Crippen molar-refractivity contribution in [2.45, 2.75) is 64.3 Å². The van der Waals surface area contributed by atoms with Crippen molar-refractivity contribution >= 4 is 5.69 Å². The molecule has 0 unspecified atom stereocenters. The lowest BCUT2D eigenvalue weighted by Gasteiger charge is -2.31. The van der Waals surface area contributed by atoms with E-state index in [1.807, 2.05) is 0 Å². The molecule has 1 saturated carbocycles. The Bertz CT molecular complexity index is 547. The number of rotatable bonds is 3. The van der Waals surface area contributed by atoms with Crippen LogP contribution in [-0.4, -0.2) is 44.2 Å². The Hall–Kier alpha value is -1.06. The highest BCUT2D eigenvalue weighted by Gasteiger charge is 2.23. The SMILES string of the molecule is C1CCNC1.c1cc2c(cc1N1CCCC1)CCN(CC1CCCC1)C2. The highest BCUT2D eigenvalue weighted by molar-refractivity contribution is 5.52. The first kappa shape index (κ1) is 18.3. The van der Waals surface area contributed by atoms with Gasteiger partial charge in [-0.1, -0.05) is 18.9 Å². The molecule has 0 amide bonds. The van der Waals surface area contributed by atoms with Crippen LogP contribution in [0.5, 0.6) is 0 Å². The van der Waals surface area contributed by atoms with E-state index in [1.54, 1.807) is 11.1 Å². The van der Waals surface area contributed by atoms with Crippen molar-refractivity contribution in [2.24, 2.45) is 5.92 Å². The molecule has 3 heterocycles. The Morgan fingerprint density at radius 3 is 2.31 bits per heavy atom. The van der Waals surface area contributed by atoms with Crippen molar-refractivity contribution in [3.05, 3.63) is 29.3 Å². The molecule has 3 heteroatoms. The van der Waals surface area contributed by atoms with E-state index in [0.29, 0.717) is 0 Å². The molecule has 0 bridgehead atoms. The van der Waals surface area contributed by atoms with Gasteiger partial charge in [0.15, 0.2) is 0 Å². The maximum Gasteiger partial charge on any atom is 0.0369 e. The van der Waals surface area contributed by atoms with Crippen molar-refractivity contribution in [1.82, 2.24) is 10.2 Å². The van der Waals surface area contributed by atoms with E-state index in [4.69, 9.17) is 0 Å². The van der Waals surface area contributed by atoms with E-state index < -0.39 is 0 Å². The van der Waals surface area contributed by atoms with E-state index in [0.717, 1.165) is 5.92 Å². The molecule has 1 aromatic rings. The fourth-order valence-corrected chi connectivity index (χ4v) is 5.11. The van der Waals surface area contributed by atoms with Crippen molar-refractivity contribution in [3.63, 3.8) is 0 Å². The zero-order valence-corrected chi connectivity index (χ0v) is 16.5. The zero-order valence-electron chi connectivity index (χ0n) is 16.5. The predicted molar refractivity (Wildman–Crippen MR) is 111 cm³/mol. The molecule has 1 N–H and O–H groups in total. The van der Waals surface area contributed by atoms with E-state index >= 15 is 0 Å². The molecule has 144 valence electrons. The van der Waals surface area contributed by atoms with Gasteiger partial charge >= 0.3 is 0 Å². The van der Waals surface area contributed by atoms with Crippen LogP contribution in [0.2, 0.25) is 0 Å². The van der Waals surface area contributed by atoms with Crippen LogP contribution in [0.3, 0.4) is 0 Å². The number of hydrogen-bond donors (Lipinski definition) is 1. The maximum atomic E-state index is 3.22. The van der Waals surface area contributed by atoms with Gasteiger partial charge in [-0.15, -0.1) is 0 Å². The Morgan fingerprint density at radius 2 is 1.62 bits per heavy atom. The van der Waals surface area contributed by atoms with Gasteiger partial charge in [0.25, 0.3) is 0 Å². The fourth-order valence-electron chi connectivity index (χ4n) is 5.11. The van der Waals surface area contributed by atoms with Crippen LogP contribution in [-0.2, 0) is 13.0 Å². The second-order valence-electron chi connectivity index (χ2n) is 8.74. The molecule has 26 heavy (non-hydrogen) atoms. The lowest BCUT2D eigenvalue weighted by molar-refractivity contribution is 0.215. The average Bonchev–Trinajstić information content (AvgIpc) is 3.46. The van der Waals surface area contributed by atoms with Gasteiger partial charge in [0, 0.05) is 38.4 Å². The smallest absolute Gasteiger partial charge is 0.0369 e. The summed E-state index contributed by atoms with van der Waals surface area (Å²) in [6.45, 7) is 8.81. The molecular formula is C23H37N3. The highest BCUT2D eigenvalue weighted by atomic mass is 15.1. The first-order chi connectivity index (χ1) is 12.9. The van der Waals surface area contributed by atoms with Gasteiger partial charge in [-0.05, 0) is 87.2 Å². The predicted octanol–water partition coefficient (Wildman–Crippen LogP) is 4.20. The van der Waals surface area contributed by atoms with Gasteiger partial charge in [0.1, 0.15) is 0 Å². The summed E-state index contributed by atoms with van der Waals surface area (Å²) in [7, 11) is 0. The largest absolute Gasteiger partial charge is 0.372 e. The molecule has 3 aliphatic heterocycles. The van der Waals surface area contributed by atoms with Crippen molar-refractivity contribution in [3.8, 4) is 0 Å². The summed E-state index contributed by atoms with van der Waals surface area (Å²) in [5, 5.41) is 3.22. The zero-order chi connectivity index (χ0) is 17.6. The minimum Gasteiger partial charge on any atom is -0.372 e. The third-order valence-corrected chi connectivity index (χ3v) is 6.70. The van der Waals surface area contributed by atoms with Crippen molar-refractivity contribution < 1.29 is 0 Å². The van der Waals surface area contributed by atoms with Crippen molar-refractivity contribution in [1.29, 1.82) is 0 Å².